The van der Waals surface area contributed by atoms with Crippen LogP contribution in [0.25, 0.3) is 0 Å². The van der Waals surface area contributed by atoms with E-state index in [1.165, 1.54) is 12.4 Å². The van der Waals surface area contributed by atoms with Gasteiger partial charge in [-0.05, 0) is 18.1 Å². The number of alkyl halides is 3. The average molecular weight is 284 g/mol. The van der Waals surface area contributed by atoms with Crippen molar-refractivity contribution in [2.24, 2.45) is 12.8 Å². The number of hydrogen-bond acceptors (Lipinski definition) is 3. The zero-order chi connectivity index (χ0) is 14.8. The summed E-state index contributed by atoms with van der Waals surface area (Å²) in [4.78, 5) is 4.05. The van der Waals surface area contributed by atoms with Gasteiger partial charge in [0.15, 0.2) is 0 Å². The highest BCUT2D eigenvalue weighted by Gasteiger charge is 2.30. The van der Waals surface area contributed by atoms with E-state index in [0.29, 0.717) is 24.2 Å². The molecular weight excluding hydrogens is 269 g/mol. The molecule has 0 amide bonds. The molecule has 7 heteroatoms. The Morgan fingerprint density at radius 2 is 2.05 bits per heavy atom. The summed E-state index contributed by atoms with van der Waals surface area (Å²) < 4.78 is 39.4. The van der Waals surface area contributed by atoms with Gasteiger partial charge in [-0.25, -0.2) is 4.98 Å². The highest BCUT2D eigenvalue weighted by molar-refractivity contribution is 5.26. The lowest BCUT2D eigenvalue weighted by Gasteiger charge is -2.13. The van der Waals surface area contributed by atoms with Crippen molar-refractivity contribution >= 4 is 0 Å². The molecule has 0 aliphatic rings. The van der Waals surface area contributed by atoms with E-state index in [0.717, 1.165) is 12.1 Å². The molecule has 108 valence electrons. The maximum atomic E-state index is 12.6. The summed E-state index contributed by atoms with van der Waals surface area (Å²) in [7, 11) is 1.75. The minimum atomic E-state index is -4.33. The van der Waals surface area contributed by atoms with Gasteiger partial charge in [-0.15, -0.1) is 0 Å². The third-order valence-electron chi connectivity index (χ3n) is 3.00. The van der Waals surface area contributed by atoms with Crippen molar-refractivity contribution in [3.8, 4) is 0 Å². The SMILES string of the molecule is Cn1ncnc1CC(N)Cc1cccc(C(F)(F)F)c1. The number of nitrogens with zero attached hydrogens (tertiary/aromatic N) is 3. The van der Waals surface area contributed by atoms with Crippen molar-refractivity contribution in [2.45, 2.75) is 25.1 Å². The van der Waals surface area contributed by atoms with Gasteiger partial charge < -0.3 is 5.73 Å². The summed E-state index contributed by atoms with van der Waals surface area (Å²) in [5.74, 6) is 0.712. The van der Waals surface area contributed by atoms with Gasteiger partial charge in [-0.1, -0.05) is 18.2 Å². The molecular formula is C13H15F3N4. The van der Waals surface area contributed by atoms with E-state index in [4.69, 9.17) is 5.73 Å². The van der Waals surface area contributed by atoms with Crippen LogP contribution in [-0.2, 0) is 26.1 Å². The lowest BCUT2D eigenvalue weighted by molar-refractivity contribution is -0.137. The highest BCUT2D eigenvalue weighted by Crippen LogP contribution is 2.29. The van der Waals surface area contributed by atoms with Crippen LogP contribution in [0.5, 0.6) is 0 Å². The van der Waals surface area contributed by atoms with Crippen LogP contribution < -0.4 is 5.73 Å². The molecule has 0 saturated heterocycles. The molecule has 0 radical (unpaired) electrons. The van der Waals surface area contributed by atoms with Gasteiger partial charge in [0.1, 0.15) is 12.2 Å². The largest absolute Gasteiger partial charge is 0.416 e. The molecule has 0 saturated carbocycles. The van der Waals surface area contributed by atoms with Gasteiger partial charge in [0, 0.05) is 19.5 Å². The minimum Gasteiger partial charge on any atom is -0.327 e. The Morgan fingerprint density at radius 1 is 1.30 bits per heavy atom. The van der Waals surface area contributed by atoms with Crippen LogP contribution in [0.3, 0.4) is 0 Å². The Bertz CT molecular complexity index is 577. The third kappa shape index (κ3) is 3.57. The fourth-order valence-electron chi connectivity index (χ4n) is 1.99. The van der Waals surface area contributed by atoms with Crippen LogP contribution in [-0.4, -0.2) is 20.8 Å². The van der Waals surface area contributed by atoms with E-state index in [9.17, 15) is 13.2 Å². The standard InChI is InChI=1S/C13H15F3N4/c1-20-12(18-8-19-20)7-11(17)6-9-3-2-4-10(5-9)13(14,15)16/h2-5,8,11H,6-7,17H2,1H3. The minimum absolute atomic E-state index is 0.304. The molecule has 0 aliphatic carbocycles. The fourth-order valence-corrected chi connectivity index (χ4v) is 1.99. The number of hydrogen-bond donors (Lipinski definition) is 1. The molecule has 1 unspecified atom stereocenters. The first-order chi connectivity index (χ1) is 9.36. The van der Waals surface area contributed by atoms with E-state index in [1.54, 1.807) is 17.8 Å². The average Bonchev–Trinajstić information content (AvgIpc) is 2.74. The predicted molar refractivity (Wildman–Crippen MR) is 67.8 cm³/mol. The smallest absolute Gasteiger partial charge is 0.327 e. The van der Waals surface area contributed by atoms with Gasteiger partial charge in [-0.3, -0.25) is 4.68 Å². The Kier molecular flexibility index (Phi) is 4.08. The lowest BCUT2D eigenvalue weighted by Crippen LogP contribution is -2.27. The first kappa shape index (κ1) is 14.5. The van der Waals surface area contributed by atoms with Crippen LogP contribution in [0.4, 0.5) is 13.2 Å². The number of aromatic nitrogens is 3. The second kappa shape index (κ2) is 5.62. The van der Waals surface area contributed by atoms with E-state index < -0.39 is 11.7 Å². The highest BCUT2D eigenvalue weighted by atomic mass is 19.4. The molecule has 20 heavy (non-hydrogen) atoms. The van der Waals surface area contributed by atoms with Gasteiger partial charge >= 0.3 is 6.18 Å². The van der Waals surface area contributed by atoms with E-state index in [-0.39, 0.29) is 6.04 Å². The maximum Gasteiger partial charge on any atom is 0.416 e. The van der Waals surface area contributed by atoms with Crippen LogP contribution in [0, 0.1) is 0 Å². The molecule has 0 spiro atoms. The Balaban J connectivity index is 2.05. The van der Waals surface area contributed by atoms with Gasteiger partial charge in [-0.2, -0.15) is 18.3 Å². The summed E-state index contributed by atoms with van der Waals surface area (Å²) >= 11 is 0. The summed E-state index contributed by atoms with van der Waals surface area (Å²) in [6.07, 6.45) is -2.08. The number of aryl methyl sites for hydroxylation is 1. The quantitative estimate of drug-likeness (QED) is 0.933. The van der Waals surface area contributed by atoms with Crippen LogP contribution in [0.15, 0.2) is 30.6 Å². The molecule has 4 nitrogen and oxygen atoms in total. The van der Waals surface area contributed by atoms with Crippen molar-refractivity contribution in [3.05, 3.63) is 47.5 Å². The molecule has 1 aromatic carbocycles. The number of benzene rings is 1. The van der Waals surface area contributed by atoms with E-state index in [2.05, 4.69) is 10.1 Å². The molecule has 1 aromatic heterocycles. The van der Waals surface area contributed by atoms with Gasteiger partial charge in [0.05, 0.1) is 5.56 Å². The van der Waals surface area contributed by atoms with Crippen molar-refractivity contribution in [1.29, 1.82) is 0 Å². The Labute approximate surface area is 114 Å². The first-order valence-electron chi connectivity index (χ1n) is 6.11. The van der Waals surface area contributed by atoms with Crippen LogP contribution in [0.2, 0.25) is 0 Å². The van der Waals surface area contributed by atoms with Crippen molar-refractivity contribution in [1.82, 2.24) is 14.8 Å². The molecule has 0 aliphatic heterocycles. The summed E-state index contributed by atoms with van der Waals surface area (Å²) in [6, 6.07) is 4.93. The molecule has 2 rings (SSSR count). The first-order valence-corrected chi connectivity index (χ1v) is 6.11. The summed E-state index contributed by atoms with van der Waals surface area (Å²) in [6.45, 7) is 0. The second-order valence-corrected chi connectivity index (χ2v) is 4.67. The number of nitrogens with two attached hydrogens (primary N) is 1. The summed E-state index contributed by atoms with van der Waals surface area (Å²) in [5, 5.41) is 3.92. The van der Waals surface area contributed by atoms with Crippen molar-refractivity contribution in [2.75, 3.05) is 0 Å². The maximum absolute atomic E-state index is 12.6. The summed E-state index contributed by atoms with van der Waals surface area (Å²) in [5.41, 5.74) is 5.87. The molecule has 1 atom stereocenters. The molecule has 0 bridgehead atoms. The normalized spacial score (nSPS) is 13.4. The van der Waals surface area contributed by atoms with Gasteiger partial charge in [0.2, 0.25) is 0 Å². The molecule has 0 fully saturated rings. The predicted octanol–water partition coefficient (Wildman–Crippen LogP) is 1.95. The van der Waals surface area contributed by atoms with Gasteiger partial charge in [0.25, 0.3) is 0 Å². The number of rotatable bonds is 4. The van der Waals surface area contributed by atoms with Crippen molar-refractivity contribution in [3.63, 3.8) is 0 Å². The molecule has 2 aromatic rings. The zero-order valence-corrected chi connectivity index (χ0v) is 10.9. The van der Waals surface area contributed by atoms with Crippen LogP contribution >= 0.6 is 0 Å². The number of halogens is 3. The Morgan fingerprint density at radius 3 is 2.65 bits per heavy atom. The monoisotopic (exact) mass is 284 g/mol. The topological polar surface area (TPSA) is 56.7 Å². The van der Waals surface area contributed by atoms with Crippen molar-refractivity contribution < 1.29 is 13.2 Å². The van der Waals surface area contributed by atoms with E-state index >= 15 is 0 Å². The third-order valence-corrected chi connectivity index (χ3v) is 3.00. The van der Waals surface area contributed by atoms with Crippen LogP contribution in [0.1, 0.15) is 17.0 Å². The van der Waals surface area contributed by atoms with E-state index in [1.807, 2.05) is 0 Å². The molecule has 1 heterocycles. The molecule has 2 N–H and O–H groups in total. The fraction of sp³-hybridized carbons (Fsp3) is 0.385. The Hall–Kier alpha value is -1.89. The lowest BCUT2D eigenvalue weighted by atomic mass is 10.0. The zero-order valence-electron chi connectivity index (χ0n) is 10.9. The second-order valence-electron chi connectivity index (χ2n) is 4.67.